The molecule has 7 heteroatoms. The fourth-order valence-electron chi connectivity index (χ4n) is 1.17. The molecule has 1 unspecified atom stereocenters. The molecule has 4 nitrogen and oxygen atoms in total. The van der Waals surface area contributed by atoms with Crippen molar-refractivity contribution in [1.82, 2.24) is 0 Å². The monoisotopic (exact) mass is 308 g/mol. The highest BCUT2D eigenvalue weighted by Gasteiger charge is 2.11. The van der Waals surface area contributed by atoms with Crippen molar-refractivity contribution in [2.75, 3.05) is 23.4 Å². The third-order valence-corrected chi connectivity index (χ3v) is 3.77. The zero-order valence-electron chi connectivity index (χ0n) is 9.74. The summed E-state index contributed by atoms with van der Waals surface area (Å²) in [5.41, 5.74) is 6.41. The van der Waals surface area contributed by atoms with Gasteiger partial charge >= 0.3 is 0 Å². The lowest BCUT2D eigenvalue weighted by molar-refractivity contribution is -0.113. The van der Waals surface area contributed by atoms with E-state index < -0.39 is 0 Å². The Kier molecular flexibility index (Phi) is 6.08. The second-order valence-corrected chi connectivity index (χ2v) is 5.97. The van der Waals surface area contributed by atoms with E-state index in [9.17, 15) is 4.79 Å². The molecule has 1 amide bonds. The number of nitrogens with one attached hydrogen (secondary N) is 1. The molecule has 1 aromatic carbocycles. The van der Waals surface area contributed by atoms with Crippen molar-refractivity contribution in [2.24, 2.45) is 0 Å². The first-order chi connectivity index (χ1) is 8.43. The second-order valence-electron chi connectivity index (χ2n) is 3.70. The number of halogens is 2. The van der Waals surface area contributed by atoms with Gasteiger partial charge in [0.25, 0.3) is 0 Å². The molecule has 1 atom stereocenters. The normalized spacial score (nSPS) is 12.2. The van der Waals surface area contributed by atoms with Crippen LogP contribution in [0.3, 0.4) is 0 Å². The van der Waals surface area contributed by atoms with Gasteiger partial charge in [0.2, 0.25) is 5.91 Å². The van der Waals surface area contributed by atoms with Gasteiger partial charge in [-0.3, -0.25) is 4.79 Å². The third kappa shape index (κ3) is 4.57. The molecule has 0 aliphatic carbocycles. The molecule has 0 saturated carbocycles. The van der Waals surface area contributed by atoms with Gasteiger partial charge in [0.15, 0.2) is 0 Å². The molecule has 0 spiro atoms. The third-order valence-electron chi connectivity index (χ3n) is 2.11. The predicted octanol–water partition coefficient (Wildman–Crippen LogP) is 2.63. The summed E-state index contributed by atoms with van der Waals surface area (Å²) in [6, 6.07) is 3.03. The molecule has 0 radical (unpaired) electrons. The molecule has 1 rings (SSSR count). The standard InChI is InChI=1S/C11H14Cl2N2O2S/c1-6(4-16)18-5-10(17)15-11-8(13)2-7(12)3-9(11)14/h2-3,6,16H,4-5,14H2,1H3,(H,15,17). The Hall–Kier alpha value is -0.620. The van der Waals surface area contributed by atoms with Crippen molar-refractivity contribution in [1.29, 1.82) is 0 Å². The SMILES string of the molecule is CC(CO)SCC(=O)Nc1c(N)cc(Cl)cc1Cl. The predicted molar refractivity (Wildman–Crippen MR) is 78.5 cm³/mol. The first kappa shape index (κ1) is 15.4. The average molecular weight is 309 g/mol. The number of carbonyl (C=O) groups excluding carboxylic acids is 1. The number of rotatable bonds is 5. The van der Waals surface area contributed by atoms with Gasteiger partial charge in [0, 0.05) is 10.3 Å². The average Bonchev–Trinajstić information content (AvgIpc) is 2.30. The Balaban J connectivity index is 2.65. The summed E-state index contributed by atoms with van der Waals surface area (Å²) < 4.78 is 0. The molecule has 0 fully saturated rings. The fraction of sp³-hybridized carbons (Fsp3) is 0.364. The van der Waals surface area contributed by atoms with E-state index in [0.717, 1.165) is 0 Å². The van der Waals surface area contributed by atoms with Crippen LogP contribution in [0.15, 0.2) is 12.1 Å². The van der Waals surface area contributed by atoms with Gasteiger partial charge in [-0.1, -0.05) is 30.1 Å². The first-order valence-electron chi connectivity index (χ1n) is 5.21. The molecule has 18 heavy (non-hydrogen) atoms. The minimum absolute atomic E-state index is 0.00814. The van der Waals surface area contributed by atoms with Crippen LogP contribution < -0.4 is 11.1 Å². The molecule has 0 aliphatic heterocycles. The lowest BCUT2D eigenvalue weighted by Gasteiger charge is -2.11. The maximum Gasteiger partial charge on any atom is 0.234 e. The maximum atomic E-state index is 11.7. The van der Waals surface area contributed by atoms with Crippen LogP contribution in [0.1, 0.15) is 6.92 Å². The summed E-state index contributed by atoms with van der Waals surface area (Å²) in [5, 5.41) is 12.2. The highest BCUT2D eigenvalue weighted by atomic mass is 35.5. The Morgan fingerprint density at radius 1 is 1.56 bits per heavy atom. The second kappa shape index (κ2) is 7.09. The number of benzene rings is 1. The van der Waals surface area contributed by atoms with Crippen molar-refractivity contribution in [3.8, 4) is 0 Å². The summed E-state index contributed by atoms with van der Waals surface area (Å²) in [6.45, 7) is 1.86. The van der Waals surface area contributed by atoms with Crippen LogP contribution in [0.25, 0.3) is 0 Å². The number of carbonyl (C=O) groups is 1. The topological polar surface area (TPSA) is 75.3 Å². The van der Waals surface area contributed by atoms with Gasteiger partial charge in [-0.15, -0.1) is 11.8 Å². The quantitative estimate of drug-likeness (QED) is 0.731. The molecular formula is C11H14Cl2N2O2S. The minimum atomic E-state index is -0.226. The lowest BCUT2D eigenvalue weighted by Crippen LogP contribution is -2.18. The van der Waals surface area contributed by atoms with E-state index >= 15 is 0 Å². The molecule has 0 aromatic heterocycles. The highest BCUT2D eigenvalue weighted by molar-refractivity contribution is 8.00. The van der Waals surface area contributed by atoms with E-state index in [1.807, 2.05) is 6.92 Å². The molecule has 1 aromatic rings. The van der Waals surface area contributed by atoms with Crippen LogP contribution in [0.5, 0.6) is 0 Å². The van der Waals surface area contributed by atoms with Crippen LogP contribution in [0, 0.1) is 0 Å². The van der Waals surface area contributed by atoms with Gasteiger partial charge in [0.1, 0.15) is 0 Å². The Labute approximate surface area is 120 Å². The molecule has 0 bridgehead atoms. The zero-order valence-corrected chi connectivity index (χ0v) is 12.1. The largest absolute Gasteiger partial charge is 0.397 e. The number of anilines is 2. The van der Waals surface area contributed by atoms with Gasteiger partial charge in [0.05, 0.1) is 28.8 Å². The molecule has 4 N–H and O–H groups in total. The number of amides is 1. The molecular weight excluding hydrogens is 295 g/mol. The molecule has 0 aliphatic rings. The minimum Gasteiger partial charge on any atom is -0.397 e. The first-order valence-corrected chi connectivity index (χ1v) is 7.01. The summed E-state index contributed by atoms with van der Waals surface area (Å²) in [7, 11) is 0. The van der Waals surface area contributed by atoms with Crippen LogP contribution in [-0.4, -0.2) is 28.6 Å². The molecule has 0 saturated heterocycles. The molecule has 100 valence electrons. The van der Waals surface area contributed by atoms with Crippen LogP contribution in [0.2, 0.25) is 10.0 Å². The number of thioether (sulfide) groups is 1. The van der Waals surface area contributed by atoms with Gasteiger partial charge in [-0.2, -0.15) is 0 Å². The fourth-order valence-corrected chi connectivity index (χ4v) is 2.34. The zero-order chi connectivity index (χ0) is 13.7. The number of hydrogen-bond donors (Lipinski definition) is 3. The Bertz CT molecular complexity index is 420. The summed E-state index contributed by atoms with van der Waals surface area (Å²) in [4.78, 5) is 11.7. The maximum absolute atomic E-state index is 11.7. The van der Waals surface area contributed by atoms with Crippen LogP contribution in [-0.2, 0) is 4.79 Å². The van der Waals surface area contributed by atoms with E-state index in [1.165, 1.54) is 23.9 Å². The van der Waals surface area contributed by atoms with Gasteiger partial charge in [-0.05, 0) is 12.1 Å². The van der Waals surface area contributed by atoms with Gasteiger partial charge < -0.3 is 16.2 Å². The highest BCUT2D eigenvalue weighted by Crippen LogP contribution is 2.32. The van der Waals surface area contributed by atoms with Crippen molar-refractivity contribution < 1.29 is 9.90 Å². The van der Waals surface area contributed by atoms with E-state index in [1.54, 1.807) is 0 Å². The lowest BCUT2D eigenvalue weighted by atomic mass is 10.2. The van der Waals surface area contributed by atoms with E-state index in [0.29, 0.717) is 21.4 Å². The molecule has 0 heterocycles. The number of nitrogen functional groups attached to an aromatic ring is 1. The van der Waals surface area contributed by atoms with Crippen LogP contribution in [0.4, 0.5) is 11.4 Å². The number of nitrogens with two attached hydrogens (primary N) is 1. The number of aliphatic hydroxyl groups is 1. The number of hydrogen-bond acceptors (Lipinski definition) is 4. The summed E-state index contributed by atoms with van der Waals surface area (Å²) in [5.74, 6) is -0.00338. The number of aliphatic hydroxyl groups excluding tert-OH is 1. The van der Waals surface area contributed by atoms with Crippen molar-refractivity contribution >= 4 is 52.2 Å². The van der Waals surface area contributed by atoms with Crippen LogP contribution >= 0.6 is 35.0 Å². The van der Waals surface area contributed by atoms with Gasteiger partial charge in [-0.25, -0.2) is 0 Å². The van der Waals surface area contributed by atoms with Crippen molar-refractivity contribution in [3.05, 3.63) is 22.2 Å². The van der Waals surface area contributed by atoms with Crippen molar-refractivity contribution in [3.63, 3.8) is 0 Å². The Morgan fingerprint density at radius 3 is 2.78 bits per heavy atom. The summed E-state index contributed by atoms with van der Waals surface area (Å²) in [6.07, 6.45) is 0. The Morgan fingerprint density at radius 2 is 2.22 bits per heavy atom. The smallest absolute Gasteiger partial charge is 0.234 e. The summed E-state index contributed by atoms with van der Waals surface area (Å²) >= 11 is 13.1. The van der Waals surface area contributed by atoms with Crippen molar-refractivity contribution in [2.45, 2.75) is 12.2 Å². The van der Waals surface area contributed by atoms with E-state index in [2.05, 4.69) is 5.32 Å². The van der Waals surface area contributed by atoms with E-state index in [-0.39, 0.29) is 23.5 Å². The van der Waals surface area contributed by atoms with E-state index in [4.69, 9.17) is 34.0 Å².